The van der Waals surface area contributed by atoms with E-state index in [1.54, 1.807) is 0 Å². The summed E-state index contributed by atoms with van der Waals surface area (Å²) in [5, 5.41) is 18.1. The van der Waals surface area contributed by atoms with E-state index in [1.165, 1.54) is 0 Å². The van der Waals surface area contributed by atoms with Gasteiger partial charge in [-0.2, -0.15) is 0 Å². The van der Waals surface area contributed by atoms with Gasteiger partial charge in [0, 0.05) is 41.7 Å². The van der Waals surface area contributed by atoms with Crippen LogP contribution >= 0.6 is 11.6 Å². The summed E-state index contributed by atoms with van der Waals surface area (Å²) in [6, 6.07) is 13.3. The molecule has 2 aromatic carbocycles. The van der Waals surface area contributed by atoms with Crippen LogP contribution in [0.5, 0.6) is 0 Å². The Bertz CT molecular complexity index is 1140. The van der Waals surface area contributed by atoms with Gasteiger partial charge in [0.15, 0.2) is 0 Å². The van der Waals surface area contributed by atoms with E-state index in [9.17, 15) is 14.7 Å². The van der Waals surface area contributed by atoms with Crippen LogP contribution in [0.4, 0.5) is 0 Å². The average Bonchev–Trinajstić information content (AvgIpc) is 2.89. The van der Waals surface area contributed by atoms with Crippen molar-refractivity contribution in [2.75, 3.05) is 13.1 Å². The van der Waals surface area contributed by atoms with Crippen molar-refractivity contribution in [2.24, 2.45) is 5.92 Å². The molecule has 1 saturated heterocycles. The summed E-state index contributed by atoms with van der Waals surface area (Å²) in [4.78, 5) is 28.1. The summed E-state index contributed by atoms with van der Waals surface area (Å²) in [6.07, 6.45) is 4.44. The predicted molar refractivity (Wildman–Crippen MR) is 152 cm³/mol. The number of amides is 2. The van der Waals surface area contributed by atoms with Crippen molar-refractivity contribution in [3.05, 3.63) is 69.7 Å². The first-order valence-corrected chi connectivity index (χ1v) is 14.3. The first kappa shape index (κ1) is 28.6. The number of hydrogen-bond donors (Lipinski definition) is 3. The van der Waals surface area contributed by atoms with Crippen LogP contribution in [0.3, 0.4) is 0 Å². The van der Waals surface area contributed by atoms with E-state index in [4.69, 9.17) is 11.6 Å². The van der Waals surface area contributed by atoms with Gasteiger partial charge in [0.05, 0.1) is 0 Å². The molecule has 2 amide bonds. The number of carbonyl (C=O) groups excluding carboxylic acids is 2. The molecule has 2 aromatic rings. The van der Waals surface area contributed by atoms with Crippen LogP contribution in [0.2, 0.25) is 5.02 Å². The molecule has 1 aliphatic carbocycles. The maximum absolute atomic E-state index is 13.2. The summed E-state index contributed by atoms with van der Waals surface area (Å²) in [6.45, 7) is 9.56. The van der Waals surface area contributed by atoms with Gasteiger partial charge in [-0.05, 0) is 66.8 Å². The number of hydrogen-bond acceptors (Lipinski definition) is 4. The lowest BCUT2D eigenvalue weighted by molar-refractivity contribution is -0.128. The van der Waals surface area contributed by atoms with Crippen molar-refractivity contribution in [3.8, 4) is 0 Å². The summed E-state index contributed by atoms with van der Waals surface area (Å²) in [5.41, 5.74) is 3.40. The molecule has 0 radical (unpaired) electrons. The molecule has 1 saturated carbocycles. The predicted octanol–water partition coefficient (Wildman–Crippen LogP) is 5.51. The van der Waals surface area contributed by atoms with Gasteiger partial charge < -0.3 is 15.7 Å². The highest BCUT2D eigenvalue weighted by Gasteiger charge is 2.33. The third kappa shape index (κ3) is 6.77. The summed E-state index contributed by atoms with van der Waals surface area (Å²) < 4.78 is 0. The zero-order valence-corrected chi connectivity index (χ0v) is 23.9. The molecule has 1 heterocycles. The number of aliphatic hydroxyl groups is 1. The monoisotopic (exact) mass is 539 g/mol. The minimum Gasteiger partial charge on any atom is -0.374 e. The quantitative estimate of drug-likeness (QED) is 0.452. The largest absolute Gasteiger partial charge is 0.374 e. The summed E-state index contributed by atoms with van der Waals surface area (Å²) in [5.74, 6) is -0.120. The third-order valence-electron chi connectivity index (χ3n) is 8.15. The van der Waals surface area contributed by atoms with Crippen molar-refractivity contribution in [3.63, 3.8) is 0 Å². The first-order chi connectivity index (χ1) is 18.0. The number of nitrogens with zero attached hydrogens (tertiary/aromatic N) is 1. The number of benzene rings is 2. The van der Waals surface area contributed by atoms with Crippen molar-refractivity contribution < 1.29 is 14.7 Å². The van der Waals surface area contributed by atoms with E-state index in [2.05, 4.69) is 31.4 Å². The zero-order chi connectivity index (χ0) is 27.4. The second-order valence-corrected chi connectivity index (χ2v) is 12.4. The van der Waals surface area contributed by atoms with Gasteiger partial charge in [-0.1, -0.05) is 75.5 Å². The second-order valence-electron chi connectivity index (χ2n) is 12.0. The molecule has 4 rings (SSSR count). The van der Waals surface area contributed by atoms with Gasteiger partial charge >= 0.3 is 0 Å². The second kappa shape index (κ2) is 12.2. The van der Waals surface area contributed by atoms with Crippen LogP contribution in [-0.2, 0) is 10.2 Å². The lowest BCUT2D eigenvalue weighted by Crippen LogP contribution is -2.55. The molecule has 3 atom stereocenters. The van der Waals surface area contributed by atoms with Crippen LogP contribution in [0.25, 0.3) is 0 Å². The van der Waals surface area contributed by atoms with E-state index in [1.807, 2.05) is 54.3 Å². The van der Waals surface area contributed by atoms with E-state index in [-0.39, 0.29) is 35.2 Å². The molecule has 0 aromatic heterocycles. The van der Waals surface area contributed by atoms with Crippen LogP contribution in [0.15, 0.2) is 42.5 Å². The van der Waals surface area contributed by atoms with E-state index in [0.717, 1.165) is 42.4 Å². The molecule has 6 nitrogen and oxygen atoms in total. The molecule has 0 spiro atoms. The molecule has 7 heteroatoms. The van der Waals surface area contributed by atoms with Gasteiger partial charge in [0.25, 0.3) is 5.91 Å². The smallest absolute Gasteiger partial charge is 0.251 e. The molecule has 38 heavy (non-hydrogen) atoms. The topological polar surface area (TPSA) is 81.7 Å². The van der Waals surface area contributed by atoms with Gasteiger partial charge in [-0.15, -0.1) is 0 Å². The Kier molecular flexibility index (Phi) is 9.17. The molecule has 2 aliphatic rings. The highest BCUT2D eigenvalue weighted by atomic mass is 35.5. The van der Waals surface area contributed by atoms with Gasteiger partial charge in [-0.3, -0.25) is 14.5 Å². The molecular weight excluding hydrogens is 498 g/mol. The number of halogens is 1. The maximum atomic E-state index is 13.2. The highest BCUT2D eigenvalue weighted by molar-refractivity contribution is 6.31. The van der Waals surface area contributed by atoms with Crippen molar-refractivity contribution in [1.29, 1.82) is 0 Å². The lowest BCUT2D eigenvalue weighted by Gasteiger charge is -2.37. The third-order valence-corrected chi connectivity index (χ3v) is 8.46. The van der Waals surface area contributed by atoms with Gasteiger partial charge in [-0.25, -0.2) is 0 Å². The number of rotatable bonds is 6. The van der Waals surface area contributed by atoms with E-state index in [0.29, 0.717) is 36.5 Å². The molecular formula is C31H42ClN3O3. The Morgan fingerprint density at radius 1 is 0.974 bits per heavy atom. The first-order valence-electron chi connectivity index (χ1n) is 13.9. The Morgan fingerprint density at radius 2 is 1.61 bits per heavy atom. The number of aliphatic hydroxyl groups excluding tert-OH is 1. The Morgan fingerprint density at radius 3 is 2.21 bits per heavy atom. The Labute approximate surface area is 232 Å². The standard InChI is InChI=1S/C31H42ClN3O3/c1-20-9-5-6-10-23(20)29(37)34-27-12-8-7-11-26(27)33-28(36)21-15-17-35(18-16-21)30(38)22-13-14-24(25(32)19-22)31(2,3)4/h5-6,9-10,13-14,19,21,26-27,30,38H,7-8,11-12,15-18H2,1-4H3,(H,33,36)(H,34,37). The minimum atomic E-state index is -0.745. The van der Waals surface area contributed by atoms with Gasteiger partial charge in [0.1, 0.15) is 6.23 Å². The molecule has 3 unspecified atom stereocenters. The van der Waals surface area contributed by atoms with Crippen molar-refractivity contribution >= 4 is 23.4 Å². The average molecular weight is 540 g/mol. The summed E-state index contributed by atoms with van der Waals surface area (Å²) >= 11 is 6.53. The lowest BCUT2D eigenvalue weighted by atomic mass is 9.86. The van der Waals surface area contributed by atoms with Crippen LogP contribution in [0, 0.1) is 12.8 Å². The number of nitrogens with one attached hydrogen (secondary N) is 2. The van der Waals surface area contributed by atoms with Crippen LogP contribution < -0.4 is 10.6 Å². The van der Waals surface area contributed by atoms with Crippen molar-refractivity contribution in [2.45, 2.75) is 89.9 Å². The number of likely N-dealkylation sites (tertiary alicyclic amines) is 1. The molecule has 1 aliphatic heterocycles. The normalized spacial score (nSPS) is 22.1. The fraction of sp³-hybridized carbons (Fsp3) is 0.548. The molecule has 206 valence electrons. The summed E-state index contributed by atoms with van der Waals surface area (Å²) in [7, 11) is 0. The Hall–Kier alpha value is -2.41. The number of aryl methyl sites for hydroxylation is 1. The van der Waals surface area contributed by atoms with E-state index >= 15 is 0 Å². The fourth-order valence-corrected chi connectivity index (χ4v) is 6.24. The minimum absolute atomic E-state index is 0.0544. The van der Waals surface area contributed by atoms with E-state index < -0.39 is 6.23 Å². The maximum Gasteiger partial charge on any atom is 0.251 e. The molecule has 0 bridgehead atoms. The van der Waals surface area contributed by atoms with Crippen LogP contribution in [0.1, 0.15) is 92.6 Å². The zero-order valence-electron chi connectivity index (χ0n) is 23.1. The fourth-order valence-electron chi connectivity index (χ4n) is 5.77. The van der Waals surface area contributed by atoms with Crippen molar-refractivity contribution in [1.82, 2.24) is 15.5 Å². The number of carbonyl (C=O) groups is 2. The number of piperidine rings is 1. The highest BCUT2D eigenvalue weighted by Crippen LogP contribution is 2.33. The molecule has 3 N–H and O–H groups in total. The van der Waals surface area contributed by atoms with Crippen LogP contribution in [-0.4, -0.2) is 47.0 Å². The molecule has 2 fully saturated rings. The van der Waals surface area contributed by atoms with Gasteiger partial charge in [0.2, 0.25) is 5.91 Å². The SMILES string of the molecule is Cc1ccccc1C(=O)NC1CCCCC1NC(=O)C1CCN(C(O)c2ccc(C(C)(C)C)c(Cl)c2)CC1. The Balaban J connectivity index is 1.31.